The van der Waals surface area contributed by atoms with Crippen molar-refractivity contribution in [2.75, 3.05) is 13.2 Å². The lowest BCUT2D eigenvalue weighted by Gasteiger charge is -2.15. The average Bonchev–Trinajstić information content (AvgIpc) is 3.46. The van der Waals surface area contributed by atoms with E-state index in [1.807, 2.05) is 0 Å². The first-order chi connectivity index (χ1) is 39.6. The van der Waals surface area contributed by atoms with E-state index in [-0.39, 0.29) is 25.2 Å². The van der Waals surface area contributed by atoms with Gasteiger partial charge in [-0.15, -0.1) is 0 Å². The van der Waals surface area contributed by atoms with Crippen LogP contribution in [0, 0.1) is 0 Å². The van der Waals surface area contributed by atoms with Gasteiger partial charge in [-0.3, -0.25) is 9.59 Å². The second-order valence-corrected chi connectivity index (χ2v) is 19.7. The van der Waals surface area contributed by atoms with Crippen LogP contribution in [-0.2, 0) is 19.1 Å². The van der Waals surface area contributed by atoms with Crippen molar-refractivity contribution >= 4 is 11.9 Å². The molecule has 1 unspecified atom stereocenters. The number of ether oxygens (including phenoxy) is 2. The number of hydrogen-bond acceptors (Lipinski definition) is 5. The highest BCUT2D eigenvalue weighted by atomic mass is 16.6. The first kappa shape index (κ1) is 74.2. The Morgan fingerprint density at radius 1 is 0.287 bits per heavy atom. The van der Waals surface area contributed by atoms with E-state index in [1.54, 1.807) is 0 Å². The summed E-state index contributed by atoms with van der Waals surface area (Å²) in [4.78, 5) is 24.6. The Hall–Kier alpha value is -5.78. The van der Waals surface area contributed by atoms with Crippen molar-refractivity contribution in [3.05, 3.63) is 219 Å². The van der Waals surface area contributed by atoms with Gasteiger partial charge in [0.15, 0.2) is 6.10 Å². The fourth-order valence-electron chi connectivity index (χ4n) is 7.66. The molecule has 0 aromatic rings. The summed E-state index contributed by atoms with van der Waals surface area (Å²) in [5, 5.41) is 9.67. The highest BCUT2D eigenvalue weighted by Crippen LogP contribution is 2.12. The van der Waals surface area contributed by atoms with Crippen molar-refractivity contribution in [1.29, 1.82) is 0 Å². The van der Waals surface area contributed by atoms with Crippen LogP contribution in [0.5, 0.6) is 0 Å². The van der Waals surface area contributed by atoms with E-state index in [4.69, 9.17) is 9.47 Å². The predicted molar refractivity (Wildman–Crippen MR) is 352 cm³/mol. The molecule has 0 radical (unpaired) electrons. The zero-order valence-electron chi connectivity index (χ0n) is 50.5. The van der Waals surface area contributed by atoms with Crippen LogP contribution in [0.3, 0.4) is 0 Å². The smallest absolute Gasteiger partial charge is 0.306 e. The molecule has 80 heavy (non-hydrogen) atoms. The molecule has 0 amide bonds. The van der Waals surface area contributed by atoms with Crippen LogP contribution < -0.4 is 0 Å². The molecule has 0 fully saturated rings. The minimum atomic E-state index is -0.812. The maximum Gasteiger partial charge on any atom is 0.306 e. The largest absolute Gasteiger partial charge is 0.462 e. The first-order valence-electron chi connectivity index (χ1n) is 31.3. The maximum absolute atomic E-state index is 12.3. The van der Waals surface area contributed by atoms with Crippen LogP contribution in [-0.4, -0.2) is 36.4 Å². The molecule has 0 aromatic heterocycles. The molecule has 0 saturated heterocycles. The third kappa shape index (κ3) is 64.7. The Balaban J connectivity index is 3.71. The van der Waals surface area contributed by atoms with E-state index in [2.05, 4.69) is 233 Å². The molecule has 0 aromatic carbocycles. The van der Waals surface area contributed by atoms with Gasteiger partial charge in [-0.05, 0) is 154 Å². The lowest BCUT2D eigenvalue weighted by atomic mass is 10.1. The molecule has 1 atom stereocenters. The van der Waals surface area contributed by atoms with E-state index in [0.717, 1.165) is 173 Å². The molecule has 0 rings (SSSR count). The van der Waals surface area contributed by atoms with Crippen molar-refractivity contribution in [2.24, 2.45) is 0 Å². The molecule has 0 aliphatic rings. The van der Waals surface area contributed by atoms with Crippen LogP contribution in [0.25, 0.3) is 0 Å². The molecule has 0 aliphatic heterocycles. The number of aliphatic hydroxyl groups excluding tert-OH is 1. The summed E-state index contributed by atoms with van der Waals surface area (Å²) in [6, 6.07) is 0. The molecule has 0 bridgehead atoms. The number of unbranched alkanes of at least 4 members (excludes halogenated alkanes) is 10. The van der Waals surface area contributed by atoms with Gasteiger partial charge in [0.05, 0.1) is 6.61 Å². The number of aliphatic hydroxyl groups is 1. The third-order valence-electron chi connectivity index (χ3n) is 12.3. The number of hydrogen-bond donors (Lipinski definition) is 1. The summed E-state index contributed by atoms with van der Waals surface area (Å²) >= 11 is 0. The number of rotatable bonds is 54. The Kier molecular flexibility index (Phi) is 62.6. The number of carbonyl (C=O) groups excluding carboxylic acids is 2. The molecule has 442 valence electrons. The van der Waals surface area contributed by atoms with Crippen molar-refractivity contribution in [3.63, 3.8) is 0 Å². The fourth-order valence-corrected chi connectivity index (χ4v) is 7.66. The summed E-state index contributed by atoms with van der Waals surface area (Å²) in [5.74, 6) is -0.655. The van der Waals surface area contributed by atoms with Gasteiger partial charge in [-0.2, -0.15) is 0 Å². The minimum absolute atomic E-state index is 0.0999. The molecule has 0 heterocycles. The SMILES string of the molecule is CC/C=C\C/C=C\C/C=C\C/C=C\C/C=C\C/C=C\C/C=C\C/C=C\C/C=C\C/C=C\C/C=C\C/C=C\CCCCCCC(=O)OC(CO)COC(=O)CCCCCCCC/C=C\C/C=C\C/C=C\C/C=C\C/C=C\C/C=C\CC. The van der Waals surface area contributed by atoms with Crippen LogP contribution in [0.15, 0.2) is 219 Å². The van der Waals surface area contributed by atoms with E-state index >= 15 is 0 Å². The predicted octanol–water partition coefficient (Wildman–Crippen LogP) is 22.0. The molecule has 5 nitrogen and oxygen atoms in total. The van der Waals surface area contributed by atoms with Gasteiger partial charge in [-0.25, -0.2) is 0 Å². The van der Waals surface area contributed by atoms with E-state index in [9.17, 15) is 14.7 Å². The summed E-state index contributed by atoms with van der Waals surface area (Å²) in [6.07, 6.45) is 111. The highest BCUT2D eigenvalue weighted by molar-refractivity contribution is 5.70. The zero-order chi connectivity index (χ0) is 57.6. The highest BCUT2D eigenvalue weighted by Gasteiger charge is 2.16. The van der Waals surface area contributed by atoms with Crippen LogP contribution in [0.4, 0.5) is 0 Å². The van der Waals surface area contributed by atoms with Gasteiger partial charge < -0.3 is 14.6 Å². The Labute approximate surface area is 491 Å². The Bertz CT molecular complexity index is 1960. The minimum Gasteiger partial charge on any atom is -0.462 e. The van der Waals surface area contributed by atoms with Gasteiger partial charge >= 0.3 is 11.9 Å². The third-order valence-corrected chi connectivity index (χ3v) is 12.3. The zero-order valence-corrected chi connectivity index (χ0v) is 50.5. The topological polar surface area (TPSA) is 72.8 Å². The molecule has 1 N–H and O–H groups in total. The fraction of sp³-hybridized carbons (Fsp3) is 0.493. The molecule has 5 heteroatoms. The first-order valence-corrected chi connectivity index (χ1v) is 31.3. The van der Waals surface area contributed by atoms with Crippen LogP contribution >= 0.6 is 0 Å². The van der Waals surface area contributed by atoms with Crippen LogP contribution in [0.2, 0.25) is 0 Å². The average molecular weight is 1090 g/mol. The second kappa shape index (κ2) is 67.5. The molecule has 0 aliphatic carbocycles. The standard InChI is InChI=1S/C75H112O5/c1-3-5-7-9-11-13-15-17-19-21-23-25-27-29-30-31-32-33-34-35-36-37-38-39-40-41-42-43-44-46-48-50-52-54-56-58-60-62-64-66-68-70-75(78)80-73(71-76)72-79-74(77)69-67-65-63-61-59-57-55-53-51-49-47-45-28-26-24-22-20-18-16-14-12-10-8-6-4-2/h5-8,11-14,17-20,23-26,29-30,32-33,35-36,38-39,41-42,44-47,50-53,56,58,73,76H,3-4,9-10,15-16,21-22,27-28,31,34,37,40,43,48-49,54-55,57,59-72H2,1-2H3/b7-5-,8-6-,13-11-,14-12-,19-17-,20-18-,25-23-,26-24-,30-29-,33-32-,36-35-,39-38-,42-41-,46-44-,47-45-,52-50-,53-51-,58-56-. The molecule has 0 saturated carbocycles. The normalized spacial score (nSPS) is 13.8. The van der Waals surface area contributed by atoms with E-state index < -0.39 is 6.10 Å². The van der Waals surface area contributed by atoms with E-state index in [1.165, 1.54) is 19.3 Å². The van der Waals surface area contributed by atoms with E-state index in [0.29, 0.717) is 12.8 Å². The monoisotopic (exact) mass is 1090 g/mol. The lowest BCUT2D eigenvalue weighted by molar-refractivity contribution is -0.161. The molecular weight excluding hydrogens is 981 g/mol. The quantitative estimate of drug-likeness (QED) is 0.0373. The number of esters is 2. The Morgan fingerprint density at radius 2 is 0.500 bits per heavy atom. The molecule has 0 spiro atoms. The van der Waals surface area contributed by atoms with Crippen molar-refractivity contribution in [2.45, 2.75) is 225 Å². The number of carbonyl (C=O) groups is 2. The summed E-state index contributed by atoms with van der Waals surface area (Å²) in [5.41, 5.74) is 0. The van der Waals surface area contributed by atoms with Gasteiger partial charge in [-0.1, -0.05) is 271 Å². The Morgan fingerprint density at radius 3 is 0.750 bits per heavy atom. The van der Waals surface area contributed by atoms with Gasteiger partial charge in [0.1, 0.15) is 6.61 Å². The second-order valence-electron chi connectivity index (χ2n) is 19.7. The van der Waals surface area contributed by atoms with Gasteiger partial charge in [0, 0.05) is 12.8 Å². The summed E-state index contributed by atoms with van der Waals surface area (Å²) in [6.45, 7) is 3.86. The molecular formula is C75H112O5. The van der Waals surface area contributed by atoms with Crippen molar-refractivity contribution in [1.82, 2.24) is 0 Å². The summed E-state index contributed by atoms with van der Waals surface area (Å²) < 4.78 is 10.7. The van der Waals surface area contributed by atoms with Crippen molar-refractivity contribution in [3.8, 4) is 0 Å². The lowest BCUT2D eigenvalue weighted by Crippen LogP contribution is -2.28. The summed E-state index contributed by atoms with van der Waals surface area (Å²) in [7, 11) is 0. The van der Waals surface area contributed by atoms with Crippen LogP contribution in [0.1, 0.15) is 219 Å². The number of allylic oxidation sites excluding steroid dienone is 36. The van der Waals surface area contributed by atoms with Gasteiger partial charge in [0.25, 0.3) is 0 Å². The van der Waals surface area contributed by atoms with Gasteiger partial charge in [0.2, 0.25) is 0 Å². The van der Waals surface area contributed by atoms with Crippen molar-refractivity contribution < 1.29 is 24.2 Å². The maximum atomic E-state index is 12.3.